The molecule has 4 aromatic rings. The minimum Gasteiger partial charge on any atom is -0.348 e. The van der Waals surface area contributed by atoms with E-state index >= 15 is 0 Å². The Labute approximate surface area is 165 Å². The topological polar surface area (TPSA) is 59.8 Å². The predicted octanol–water partition coefficient (Wildman–Crippen LogP) is 4.36. The molecule has 1 amide bonds. The molecule has 0 saturated heterocycles. The second-order valence-corrected chi connectivity index (χ2v) is 6.82. The number of amides is 1. The highest BCUT2D eigenvalue weighted by atomic mass is 35.5. The highest BCUT2D eigenvalue weighted by Crippen LogP contribution is 2.25. The maximum Gasteiger partial charge on any atom is 0.252 e. The third-order valence-electron chi connectivity index (χ3n) is 4.43. The molecule has 0 atom stereocenters. The van der Waals surface area contributed by atoms with Crippen molar-refractivity contribution >= 4 is 28.5 Å². The van der Waals surface area contributed by atoms with Crippen molar-refractivity contribution in [1.29, 1.82) is 0 Å². The standard InChI is InChI=1S/C21H16ClFN4O/c1-27-20-18(12-25-27)17(10-19(26-20)14-5-7-15(22)8-6-14)21(28)24-11-13-3-2-4-16(23)9-13/h2-10,12H,11H2,1H3,(H,24,28). The number of nitrogens with zero attached hydrogens (tertiary/aromatic N) is 3. The highest BCUT2D eigenvalue weighted by Gasteiger charge is 2.16. The number of hydrogen-bond acceptors (Lipinski definition) is 3. The number of halogens is 2. The van der Waals surface area contributed by atoms with Gasteiger partial charge in [-0.25, -0.2) is 9.37 Å². The molecule has 7 heteroatoms. The first-order valence-corrected chi connectivity index (χ1v) is 9.00. The summed E-state index contributed by atoms with van der Waals surface area (Å²) in [7, 11) is 1.77. The molecule has 0 radical (unpaired) electrons. The zero-order valence-electron chi connectivity index (χ0n) is 15.0. The Bertz CT molecular complexity index is 1170. The maximum atomic E-state index is 13.4. The van der Waals surface area contributed by atoms with Crippen LogP contribution >= 0.6 is 11.6 Å². The van der Waals surface area contributed by atoms with Crippen molar-refractivity contribution in [2.45, 2.75) is 6.54 Å². The molecule has 140 valence electrons. The van der Waals surface area contributed by atoms with Gasteiger partial charge in [-0.2, -0.15) is 5.10 Å². The molecule has 0 saturated carbocycles. The fraction of sp³-hybridized carbons (Fsp3) is 0.0952. The van der Waals surface area contributed by atoms with Crippen molar-refractivity contribution in [2.75, 3.05) is 0 Å². The van der Waals surface area contributed by atoms with Crippen LogP contribution in [0.25, 0.3) is 22.3 Å². The quantitative estimate of drug-likeness (QED) is 0.559. The number of hydrogen-bond donors (Lipinski definition) is 1. The molecular weight excluding hydrogens is 379 g/mol. The van der Waals surface area contributed by atoms with Gasteiger partial charge in [0, 0.05) is 24.2 Å². The van der Waals surface area contributed by atoms with Crippen molar-refractivity contribution in [3.05, 3.63) is 82.8 Å². The van der Waals surface area contributed by atoms with Crippen LogP contribution in [0.3, 0.4) is 0 Å². The average molecular weight is 395 g/mol. The van der Waals surface area contributed by atoms with Crippen LogP contribution in [0.5, 0.6) is 0 Å². The van der Waals surface area contributed by atoms with E-state index in [1.165, 1.54) is 12.1 Å². The van der Waals surface area contributed by atoms with Gasteiger partial charge in [-0.1, -0.05) is 35.9 Å². The van der Waals surface area contributed by atoms with Crippen LogP contribution in [0.1, 0.15) is 15.9 Å². The lowest BCUT2D eigenvalue weighted by atomic mass is 10.1. The number of rotatable bonds is 4. The highest BCUT2D eigenvalue weighted by molar-refractivity contribution is 6.30. The first-order chi connectivity index (χ1) is 13.5. The number of fused-ring (bicyclic) bond motifs is 1. The van der Waals surface area contributed by atoms with Crippen LogP contribution in [0.15, 0.2) is 60.8 Å². The van der Waals surface area contributed by atoms with Crippen molar-refractivity contribution in [2.24, 2.45) is 7.05 Å². The lowest BCUT2D eigenvalue weighted by molar-refractivity contribution is 0.0952. The lowest BCUT2D eigenvalue weighted by Crippen LogP contribution is -2.23. The second-order valence-electron chi connectivity index (χ2n) is 6.38. The van der Waals surface area contributed by atoms with Crippen LogP contribution in [-0.4, -0.2) is 20.7 Å². The van der Waals surface area contributed by atoms with Gasteiger partial charge in [-0.15, -0.1) is 0 Å². The molecule has 5 nitrogen and oxygen atoms in total. The summed E-state index contributed by atoms with van der Waals surface area (Å²) >= 11 is 5.97. The SMILES string of the molecule is Cn1ncc2c(C(=O)NCc3cccc(F)c3)cc(-c3ccc(Cl)cc3)nc21. The third-order valence-corrected chi connectivity index (χ3v) is 4.68. The van der Waals surface area contributed by atoms with Crippen molar-refractivity contribution < 1.29 is 9.18 Å². The van der Waals surface area contributed by atoms with E-state index in [4.69, 9.17) is 11.6 Å². The van der Waals surface area contributed by atoms with Crippen molar-refractivity contribution in [3.63, 3.8) is 0 Å². The minimum atomic E-state index is -0.338. The van der Waals surface area contributed by atoms with Gasteiger partial charge in [0.25, 0.3) is 5.91 Å². The van der Waals surface area contributed by atoms with E-state index in [-0.39, 0.29) is 18.3 Å². The van der Waals surface area contributed by atoms with Crippen LogP contribution in [-0.2, 0) is 13.6 Å². The molecule has 2 aromatic heterocycles. The van der Waals surface area contributed by atoms with E-state index in [9.17, 15) is 9.18 Å². The largest absolute Gasteiger partial charge is 0.348 e. The van der Waals surface area contributed by atoms with Gasteiger partial charge in [-0.3, -0.25) is 9.48 Å². The van der Waals surface area contributed by atoms with Crippen molar-refractivity contribution in [1.82, 2.24) is 20.1 Å². The fourth-order valence-corrected chi connectivity index (χ4v) is 3.12. The normalized spacial score (nSPS) is 11.0. The Morgan fingerprint density at radius 2 is 1.96 bits per heavy atom. The number of aryl methyl sites for hydroxylation is 1. The zero-order valence-corrected chi connectivity index (χ0v) is 15.7. The van der Waals surface area contributed by atoms with E-state index in [0.29, 0.717) is 32.9 Å². The summed E-state index contributed by atoms with van der Waals surface area (Å²) in [5.41, 5.74) is 3.22. The predicted molar refractivity (Wildman–Crippen MR) is 107 cm³/mol. The van der Waals surface area contributed by atoms with Gasteiger partial charge >= 0.3 is 0 Å². The van der Waals surface area contributed by atoms with E-state index < -0.39 is 0 Å². The monoisotopic (exact) mass is 394 g/mol. The molecule has 4 rings (SSSR count). The smallest absolute Gasteiger partial charge is 0.252 e. The number of nitrogens with one attached hydrogen (secondary N) is 1. The average Bonchev–Trinajstić information content (AvgIpc) is 3.07. The maximum absolute atomic E-state index is 13.4. The summed E-state index contributed by atoms with van der Waals surface area (Å²) < 4.78 is 15.0. The second kappa shape index (κ2) is 7.40. The third kappa shape index (κ3) is 3.59. The Hall–Kier alpha value is -3.25. The van der Waals surface area contributed by atoms with Crippen LogP contribution < -0.4 is 5.32 Å². The number of aromatic nitrogens is 3. The van der Waals surface area contributed by atoms with Gasteiger partial charge < -0.3 is 5.32 Å². The van der Waals surface area contributed by atoms with Gasteiger partial charge in [0.05, 0.1) is 22.8 Å². The van der Waals surface area contributed by atoms with Crippen LogP contribution in [0, 0.1) is 5.82 Å². The molecule has 28 heavy (non-hydrogen) atoms. The van der Waals surface area contributed by atoms with E-state index in [2.05, 4.69) is 15.4 Å². The Morgan fingerprint density at radius 3 is 2.71 bits per heavy atom. The molecule has 0 fully saturated rings. The summed E-state index contributed by atoms with van der Waals surface area (Å²) in [6.07, 6.45) is 1.62. The van der Waals surface area contributed by atoms with Crippen molar-refractivity contribution in [3.8, 4) is 11.3 Å². The number of carbonyl (C=O) groups is 1. The molecule has 0 aliphatic carbocycles. The zero-order chi connectivity index (χ0) is 19.7. The summed E-state index contributed by atoms with van der Waals surface area (Å²) in [5, 5.41) is 8.33. The molecule has 0 bridgehead atoms. The van der Waals surface area contributed by atoms with Gasteiger partial charge in [0.15, 0.2) is 5.65 Å². The molecular formula is C21H16ClFN4O. The van der Waals surface area contributed by atoms with E-state index in [1.54, 1.807) is 48.3 Å². The Morgan fingerprint density at radius 1 is 1.18 bits per heavy atom. The molecule has 2 aromatic carbocycles. The first-order valence-electron chi connectivity index (χ1n) is 8.62. The number of carbonyl (C=O) groups excluding carboxylic acids is 1. The first kappa shape index (κ1) is 18.1. The molecule has 0 spiro atoms. The Kier molecular flexibility index (Phi) is 4.79. The van der Waals surface area contributed by atoms with Gasteiger partial charge in [0.2, 0.25) is 0 Å². The van der Waals surface area contributed by atoms with Crippen LogP contribution in [0.4, 0.5) is 4.39 Å². The fourth-order valence-electron chi connectivity index (χ4n) is 3.00. The van der Waals surface area contributed by atoms with E-state index in [0.717, 1.165) is 5.56 Å². The summed E-state index contributed by atoms with van der Waals surface area (Å²) in [6, 6.07) is 15.1. The van der Waals surface area contributed by atoms with Gasteiger partial charge in [-0.05, 0) is 35.9 Å². The molecule has 0 aliphatic rings. The summed E-state index contributed by atoms with van der Waals surface area (Å²) in [6.45, 7) is 0.219. The Balaban J connectivity index is 1.70. The molecule has 0 unspecified atom stereocenters. The minimum absolute atomic E-state index is 0.219. The molecule has 2 heterocycles. The summed E-state index contributed by atoms with van der Waals surface area (Å²) in [5.74, 6) is -0.616. The van der Waals surface area contributed by atoms with E-state index in [1.807, 2.05) is 12.1 Å². The van der Waals surface area contributed by atoms with Gasteiger partial charge in [0.1, 0.15) is 5.82 Å². The summed E-state index contributed by atoms with van der Waals surface area (Å²) in [4.78, 5) is 17.5. The molecule has 0 aliphatic heterocycles. The molecule has 1 N–H and O–H groups in total. The lowest BCUT2D eigenvalue weighted by Gasteiger charge is -2.09. The number of pyridine rings is 1. The number of benzene rings is 2. The van der Waals surface area contributed by atoms with Crippen LogP contribution in [0.2, 0.25) is 5.02 Å².